The Morgan fingerprint density at radius 3 is 2.62 bits per heavy atom. The minimum atomic E-state index is -0.943. The van der Waals surface area contributed by atoms with Gasteiger partial charge in [-0.05, 0) is 45.3 Å². The van der Waals surface area contributed by atoms with E-state index in [2.05, 4.69) is 5.32 Å². The van der Waals surface area contributed by atoms with Crippen LogP contribution >= 0.6 is 0 Å². The summed E-state index contributed by atoms with van der Waals surface area (Å²) in [6.07, 6.45) is 1.46. The molecule has 2 amide bonds. The van der Waals surface area contributed by atoms with Crippen molar-refractivity contribution < 1.29 is 33.3 Å². The lowest BCUT2D eigenvalue weighted by atomic mass is 9.95. The van der Waals surface area contributed by atoms with E-state index in [0.29, 0.717) is 19.4 Å². The monoisotopic (exact) mass is 446 g/mol. The molecule has 174 valence electrons. The molecule has 2 saturated heterocycles. The maximum absolute atomic E-state index is 13.0. The Morgan fingerprint density at radius 2 is 1.97 bits per heavy atom. The molecule has 0 saturated carbocycles. The van der Waals surface area contributed by atoms with Gasteiger partial charge in [-0.15, -0.1) is 0 Å². The third-order valence-corrected chi connectivity index (χ3v) is 5.28. The predicted octanol–water partition coefficient (Wildman–Crippen LogP) is 3.14. The molecular weight excluding hydrogens is 416 g/mol. The number of nitrogens with one attached hydrogen (secondary N) is 1. The molecule has 2 unspecified atom stereocenters. The number of methoxy groups -OCH3 is 1. The maximum Gasteiger partial charge on any atom is 0.412 e. The molecule has 2 heterocycles. The minimum Gasteiger partial charge on any atom is -0.464 e. The molecule has 9 heteroatoms. The first-order valence-corrected chi connectivity index (χ1v) is 10.5. The third-order valence-electron chi connectivity index (χ3n) is 5.28. The Balaban J connectivity index is 1.81. The molecule has 3 rings (SSSR count). The van der Waals surface area contributed by atoms with Crippen molar-refractivity contribution in [3.8, 4) is 0 Å². The number of benzene rings is 1. The van der Waals surface area contributed by atoms with Crippen LogP contribution in [0.1, 0.15) is 39.2 Å². The van der Waals surface area contributed by atoms with Crippen LogP contribution in [0.5, 0.6) is 0 Å². The molecule has 2 bridgehead atoms. The van der Waals surface area contributed by atoms with Crippen molar-refractivity contribution in [3.63, 3.8) is 0 Å². The number of fused-ring (bicyclic) bond motifs is 2. The molecule has 0 aromatic heterocycles. The molecule has 1 aromatic rings. The maximum atomic E-state index is 13.0. The number of hydrogen-bond donors (Lipinski definition) is 1. The first-order valence-electron chi connectivity index (χ1n) is 10.5. The fourth-order valence-corrected chi connectivity index (χ4v) is 3.92. The van der Waals surface area contributed by atoms with E-state index in [1.54, 1.807) is 25.7 Å². The predicted molar refractivity (Wildman–Crippen MR) is 115 cm³/mol. The highest BCUT2D eigenvalue weighted by Gasteiger charge is 2.52. The van der Waals surface area contributed by atoms with Crippen molar-refractivity contribution in [2.75, 3.05) is 20.3 Å². The highest BCUT2D eigenvalue weighted by molar-refractivity contribution is 5.92. The van der Waals surface area contributed by atoms with E-state index in [4.69, 9.17) is 18.9 Å². The number of carbonyl (C=O) groups excluding carboxylic acids is 3. The normalized spacial score (nSPS) is 22.8. The zero-order valence-corrected chi connectivity index (χ0v) is 18.9. The van der Waals surface area contributed by atoms with E-state index in [0.717, 1.165) is 5.56 Å². The fraction of sp³-hybridized carbons (Fsp3) is 0.522. The third kappa shape index (κ3) is 5.59. The molecule has 2 aliphatic rings. The molecule has 1 aromatic carbocycles. The Labute approximate surface area is 187 Å². The van der Waals surface area contributed by atoms with E-state index in [1.165, 1.54) is 13.2 Å². The van der Waals surface area contributed by atoms with Crippen molar-refractivity contribution in [2.24, 2.45) is 0 Å². The molecule has 2 fully saturated rings. The number of morpholine rings is 1. The summed E-state index contributed by atoms with van der Waals surface area (Å²) in [6.45, 7) is 5.97. The van der Waals surface area contributed by atoms with Crippen LogP contribution in [0.25, 0.3) is 0 Å². The van der Waals surface area contributed by atoms with Crippen LogP contribution in [0.15, 0.2) is 42.1 Å². The van der Waals surface area contributed by atoms with Crippen LogP contribution in [-0.2, 0) is 30.3 Å². The highest BCUT2D eigenvalue weighted by atomic mass is 16.6. The summed E-state index contributed by atoms with van der Waals surface area (Å²) in [7, 11) is 1.21. The van der Waals surface area contributed by atoms with Gasteiger partial charge in [0.1, 0.15) is 17.9 Å². The number of nitrogens with zero attached hydrogens (tertiary/aromatic N) is 1. The SMILES string of the molecule is COC(=O)/C(=C\C12CCC(COC1)N2C(=O)OC(C)(C)C)NC(=O)OCc1ccccc1. The molecule has 9 nitrogen and oxygen atoms in total. The Bertz CT molecular complexity index is 874. The first kappa shape index (κ1) is 23.6. The van der Waals surface area contributed by atoms with Gasteiger partial charge < -0.3 is 18.9 Å². The van der Waals surface area contributed by atoms with E-state index in [9.17, 15) is 14.4 Å². The van der Waals surface area contributed by atoms with Crippen molar-refractivity contribution in [1.82, 2.24) is 10.2 Å². The number of esters is 1. The van der Waals surface area contributed by atoms with Gasteiger partial charge >= 0.3 is 18.2 Å². The molecule has 0 radical (unpaired) electrons. The summed E-state index contributed by atoms with van der Waals surface area (Å²) >= 11 is 0. The van der Waals surface area contributed by atoms with Gasteiger partial charge in [0.25, 0.3) is 0 Å². The second kappa shape index (κ2) is 9.60. The minimum absolute atomic E-state index is 0.0431. The number of rotatable bonds is 5. The van der Waals surface area contributed by atoms with E-state index in [-0.39, 0.29) is 25.0 Å². The Kier molecular flexibility index (Phi) is 7.08. The fourth-order valence-electron chi connectivity index (χ4n) is 3.92. The zero-order valence-electron chi connectivity index (χ0n) is 18.9. The summed E-state index contributed by atoms with van der Waals surface area (Å²) in [5, 5.41) is 2.46. The lowest BCUT2D eigenvalue weighted by molar-refractivity contribution is -0.136. The topological polar surface area (TPSA) is 103 Å². The summed E-state index contributed by atoms with van der Waals surface area (Å²) in [4.78, 5) is 39.4. The average molecular weight is 447 g/mol. The largest absolute Gasteiger partial charge is 0.464 e. The van der Waals surface area contributed by atoms with Crippen molar-refractivity contribution >= 4 is 18.2 Å². The smallest absolute Gasteiger partial charge is 0.412 e. The van der Waals surface area contributed by atoms with Crippen LogP contribution < -0.4 is 5.32 Å². The van der Waals surface area contributed by atoms with Gasteiger partial charge in [-0.3, -0.25) is 10.2 Å². The Hall–Kier alpha value is -3.07. The first-order chi connectivity index (χ1) is 15.1. The van der Waals surface area contributed by atoms with Gasteiger partial charge in [0.15, 0.2) is 0 Å². The zero-order chi connectivity index (χ0) is 23.4. The standard InChI is InChI=1S/C23H30N2O7/c1-22(2,3)32-21(28)25-17-10-11-23(25,15-30-14-17)12-18(19(26)29-4)24-20(27)31-13-16-8-6-5-7-9-16/h5-9,12,17H,10-11,13-15H2,1-4H3,(H,24,27)/b18-12+. The number of alkyl carbamates (subject to hydrolysis) is 1. The number of hydrogen-bond acceptors (Lipinski definition) is 7. The molecule has 32 heavy (non-hydrogen) atoms. The van der Waals surface area contributed by atoms with Gasteiger partial charge in [-0.2, -0.15) is 0 Å². The van der Waals surface area contributed by atoms with E-state index >= 15 is 0 Å². The molecule has 0 spiro atoms. The van der Waals surface area contributed by atoms with Crippen LogP contribution in [0.4, 0.5) is 9.59 Å². The van der Waals surface area contributed by atoms with Crippen LogP contribution in [0.2, 0.25) is 0 Å². The lowest BCUT2D eigenvalue weighted by Gasteiger charge is -2.43. The van der Waals surface area contributed by atoms with Gasteiger partial charge in [-0.1, -0.05) is 30.3 Å². The average Bonchev–Trinajstić information content (AvgIpc) is 2.96. The lowest BCUT2D eigenvalue weighted by Crippen LogP contribution is -2.58. The second-order valence-electron chi connectivity index (χ2n) is 8.90. The van der Waals surface area contributed by atoms with Gasteiger partial charge in [-0.25, -0.2) is 14.4 Å². The number of ether oxygens (including phenoxy) is 4. The van der Waals surface area contributed by atoms with Crippen molar-refractivity contribution in [3.05, 3.63) is 47.7 Å². The van der Waals surface area contributed by atoms with Crippen LogP contribution in [-0.4, -0.2) is 60.6 Å². The molecule has 2 aliphatic heterocycles. The summed E-state index contributed by atoms with van der Waals surface area (Å²) < 4.78 is 21.4. The van der Waals surface area contributed by atoms with Crippen LogP contribution in [0, 0.1) is 0 Å². The van der Waals surface area contributed by atoms with Gasteiger partial charge in [0.2, 0.25) is 0 Å². The summed E-state index contributed by atoms with van der Waals surface area (Å²) in [6, 6.07) is 8.98. The van der Waals surface area contributed by atoms with Gasteiger partial charge in [0.05, 0.1) is 31.9 Å². The molecule has 1 N–H and O–H groups in total. The van der Waals surface area contributed by atoms with Crippen molar-refractivity contribution in [2.45, 2.75) is 57.4 Å². The molecular formula is C23H30N2O7. The molecule has 0 aliphatic carbocycles. The summed E-state index contributed by atoms with van der Waals surface area (Å²) in [5.41, 5.74) is -0.933. The number of carbonyl (C=O) groups is 3. The molecule has 2 atom stereocenters. The summed E-state index contributed by atoms with van der Waals surface area (Å²) in [5.74, 6) is -0.755. The van der Waals surface area contributed by atoms with E-state index in [1.807, 2.05) is 30.3 Å². The second-order valence-corrected chi connectivity index (χ2v) is 8.90. The van der Waals surface area contributed by atoms with Crippen molar-refractivity contribution in [1.29, 1.82) is 0 Å². The van der Waals surface area contributed by atoms with Crippen LogP contribution in [0.3, 0.4) is 0 Å². The number of amides is 2. The highest BCUT2D eigenvalue weighted by Crippen LogP contribution is 2.40. The Morgan fingerprint density at radius 1 is 1.25 bits per heavy atom. The van der Waals surface area contributed by atoms with Gasteiger partial charge in [0, 0.05) is 0 Å². The van der Waals surface area contributed by atoms with E-state index < -0.39 is 29.3 Å². The quantitative estimate of drug-likeness (QED) is 0.421.